The van der Waals surface area contributed by atoms with Gasteiger partial charge in [0, 0.05) is 37.8 Å². The summed E-state index contributed by atoms with van der Waals surface area (Å²) >= 11 is 0. The minimum absolute atomic E-state index is 0.215. The van der Waals surface area contributed by atoms with Gasteiger partial charge >= 0.3 is 0 Å². The summed E-state index contributed by atoms with van der Waals surface area (Å²) < 4.78 is 0. The van der Waals surface area contributed by atoms with Gasteiger partial charge in [0.1, 0.15) is 0 Å². The highest BCUT2D eigenvalue weighted by Crippen LogP contribution is 2.12. The number of amides is 1. The fourth-order valence-corrected chi connectivity index (χ4v) is 3.25. The van der Waals surface area contributed by atoms with Crippen LogP contribution >= 0.6 is 0 Å². The Labute approximate surface area is 168 Å². The SMILES string of the molecule is Cc1ccc(CN(CCc2ccccn2)C(=O)CCCc2ccccc2)cc1. The van der Waals surface area contributed by atoms with Gasteiger partial charge in [-0.2, -0.15) is 0 Å². The molecule has 0 radical (unpaired) electrons. The van der Waals surface area contributed by atoms with Crippen LogP contribution < -0.4 is 0 Å². The molecule has 0 fully saturated rings. The quantitative estimate of drug-likeness (QED) is 0.530. The number of hydrogen-bond acceptors (Lipinski definition) is 2. The van der Waals surface area contributed by atoms with E-state index < -0.39 is 0 Å². The summed E-state index contributed by atoms with van der Waals surface area (Å²) in [5.41, 5.74) is 4.71. The number of carbonyl (C=O) groups is 1. The van der Waals surface area contributed by atoms with Crippen molar-refractivity contribution in [2.45, 2.75) is 39.2 Å². The van der Waals surface area contributed by atoms with E-state index >= 15 is 0 Å². The number of hydrogen-bond donors (Lipinski definition) is 0. The van der Waals surface area contributed by atoms with Gasteiger partial charge in [-0.25, -0.2) is 0 Å². The summed E-state index contributed by atoms with van der Waals surface area (Å²) in [5.74, 6) is 0.215. The zero-order valence-corrected chi connectivity index (χ0v) is 16.6. The molecule has 0 spiro atoms. The first-order chi connectivity index (χ1) is 13.7. The van der Waals surface area contributed by atoms with Crippen LogP contribution in [0.2, 0.25) is 0 Å². The lowest BCUT2D eigenvalue weighted by atomic mass is 10.1. The molecule has 0 aliphatic heterocycles. The summed E-state index contributed by atoms with van der Waals surface area (Å²) in [6.07, 6.45) is 4.96. The molecule has 3 nitrogen and oxygen atoms in total. The third-order valence-electron chi connectivity index (χ3n) is 4.91. The largest absolute Gasteiger partial charge is 0.338 e. The van der Waals surface area contributed by atoms with E-state index in [1.54, 1.807) is 6.20 Å². The molecular formula is C25H28N2O. The van der Waals surface area contributed by atoms with E-state index in [2.05, 4.69) is 48.3 Å². The molecule has 3 aromatic rings. The van der Waals surface area contributed by atoms with Crippen LogP contribution in [0.15, 0.2) is 79.0 Å². The maximum atomic E-state index is 12.9. The highest BCUT2D eigenvalue weighted by atomic mass is 16.2. The summed E-state index contributed by atoms with van der Waals surface area (Å²) in [6, 6.07) is 24.7. The van der Waals surface area contributed by atoms with Crippen molar-refractivity contribution in [3.05, 3.63) is 101 Å². The molecule has 0 saturated carbocycles. The minimum atomic E-state index is 0.215. The van der Waals surface area contributed by atoms with Crippen molar-refractivity contribution in [3.63, 3.8) is 0 Å². The second kappa shape index (κ2) is 10.4. The standard InChI is InChI=1S/C25H28N2O/c1-21-13-15-23(16-14-21)20-27(19-17-24-11-5-6-18-26-24)25(28)12-7-10-22-8-3-2-4-9-22/h2-6,8-9,11,13-16,18H,7,10,12,17,19-20H2,1H3. The van der Waals surface area contributed by atoms with E-state index in [4.69, 9.17) is 0 Å². The van der Waals surface area contributed by atoms with Crippen LogP contribution in [0.5, 0.6) is 0 Å². The van der Waals surface area contributed by atoms with Gasteiger partial charge in [-0.05, 0) is 43.0 Å². The smallest absolute Gasteiger partial charge is 0.222 e. The van der Waals surface area contributed by atoms with Crippen LogP contribution in [0, 0.1) is 6.92 Å². The van der Waals surface area contributed by atoms with Crippen LogP contribution in [-0.4, -0.2) is 22.3 Å². The van der Waals surface area contributed by atoms with Crippen molar-refractivity contribution in [2.75, 3.05) is 6.54 Å². The molecule has 0 atom stereocenters. The minimum Gasteiger partial charge on any atom is -0.338 e. The molecule has 0 bridgehead atoms. The number of rotatable bonds is 9. The predicted octanol–water partition coefficient (Wildman–Crippen LogP) is 4.98. The Bertz CT molecular complexity index is 845. The van der Waals surface area contributed by atoms with E-state index in [0.717, 1.165) is 25.0 Å². The van der Waals surface area contributed by atoms with Gasteiger partial charge in [-0.3, -0.25) is 9.78 Å². The van der Waals surface area contributed by atoms with Gasteiger partial charge in [-0.1, -0.05) is 66.2 Å². The number of carbonyl (C=O) groups excluding carboxylic acids is 1. The van der Waals surface area contributed by atoms with E-state index in [1.165, 1.54) is 16.7 Å². The number of aromatic nitrogens is 1. The van der Waals surface area contributed by atoms with Crippen molar-refractivity contribution < 1.29 is 4.79 Å². The van der Waals surface area contributed by atoms with E-state index in [0.29, 0.717) is 19.5 Å². The van der Waals surface area contributed by atoms with Crippen molar-refractivity contribution in [3.8, 4) is 0 Å². The van der Waals surface area contributed by atoms with Crippen molar-refractivity contribution in [1.82, 2.24) is 9.88 Å². The van der Waals surface area contributed by atoms with Crippen LogP contribution in [0.3, 0.4) is 0 Å². The molecule has 2 aromatic carbocycles. The third kappa shape index (κ3) is 6.34. The van der Waals surface area contributed by atoms with Crippen LogP contribution in [-0.2, 0) is 24.2 Å². The van der Waals surface area contributed by atoms with Crippen LogP contribution in [0.1, 0.15) is 35.2 Å². The molecule has 0 saturated heterocycles. The highest BCUT2D eigenvalue weighted by Gasteiger charge is 2.14. The lowest BCUT2D eigenvalue weighted by Crippen LogP contribution is -2.32. The van der Waals surface area contributed by atoms with Gasteiger partial charge in [0.05, 0.1) is 0 Å². The Hall–Kier alpha value is -2.94. The lowest BCUT2D eigenvalue weighted by Gasteiger charge is -2.23. The topological polar surface area (TPSA) is 33.2 Å². The maximum Gasteiger partial charge on any atom is 0.222 e. The molecule has 0 aliphatic rings. The van der Waals surface area contributed by atoms with Gasteiger partial charge in [0.15, 0.2) is 0 Å². The van der Waals surface area contributed by atoms with Crippen molar-refractivity contribution in [1.29, 1.82) is 0 Å². The summed E-state index contributed by atoms with van der Waals surface area (Å²) in [7, 11) is 0. The average Bonchev–Trinajstić information content (AvgIpc) is 2.74. The fraction of sp³-hybridized carbons (Fsp3) is 0.280. The Morgan fingerprint density at radius 1 is 0.857 bits per heavy atom. The second-order valence-corrected chi connectivity index (χ2v) is 7.21. The zero-order chi connectivity index (χ0) is 19.6. The van der Waals surface area contributed by atoms with Gasteiger partial charge in [0.25, 0.3) is 0 Å². The first-order valence-corrected chi connectivity index (χ1v) is 9.98. The Kier molecular flexibility index (Phi) is 7.36. The molecule has 1 aromatic heterocycles. The Morgan fingerprint density at radius 2 is 1.61 bits per heavy atom. The van der Waals surface area contributed by atoms with E-state index in [1.807, 2.05) is 41.3 Å². The summed E-state index contributed by atoms with van der Waals surface area (Å²) in [6.45, 7) is 3.42. The van der Waals surface area contributed by atoms with Crippen LogP contribution in [0.25, 0.3) is 0 Å². The number of aryl methyl sites for hydroxylation is 2. The molecule has 0 unspecified atom stereocenters. The molecule has 1 heterocycles. The Morgan fingerprint density at radius 3 is 2.32 bits per heavy atom. The third-order valence-corrected chi connectivity index (χ3v) is 4.91. The molecule has 1 amide bonds. The van der Waals surface area contributed by atoms with Gasteiger partial charge in [-0.15, -0.1) is 0 Å². The van der Waals surface area contributed by atoms with Gasteiger partial charge in [0.2, 0.25) is 5.91 Å². The lowest BCUT2D eigenvalue weighted by molar-refractivity contribution is -0.131. The van der Waals surface area contributed by atoms with E-state index in [-0.39, 0.29) is 5.91 Å². The maximum absolute atomic E-state index is 12.9. The molecule has 3 heteroatoms. The number of benzene rings is 2. The normalized spacial score (nSPS) is 10.6. The summed E-state index contributed by atoms with van der Waals surface area (Å²) in [4.78, 5) is 19.3. The van der Waals surface area contributed by atoms with E-state index in [9.17, 15) is 4.79 Å². The zero-order valence-electron chi connectivity index (χ0n) is 16.6. The molecule has 144 valence electrons. The highest BCUT2D eigenvalue weighted by molar-refractivity contribution is 5.76. The number of pyridine rings is 1. The summed E-state index contributed by atoms with van der Waals surface area (Å²) in [5, 5.41) is 0. The van der Waals surface area contributed by atoms with Crippen molar-refractivity contribution >= 4 is 5.91 Å². The average molecular weight is 373 g/mol. The molecular weight excluding hydrogens is 344 g/mol. The van der Waals surface area contributed by atoms with Gasteiger partial charge < -0.3 is 4.90 Å². The molecule has 28 heavy (non-hydrogen) atoms. The first kappa shape index (κ1) is 19.8. The fourth-order valence-electron chi connectivity index (χ4n) is 3.25. The first-order valence-electron chi connectivity index (χ1n) is 9.98. The molecule has 0 N–H and O–H groups in total. The monoisotopic (exact) mass is 372 g/mol. The predicted molar refractivity (Wildman–Crippen MR) is 114 cm³/mol. The Balaban J connectivity index is 1.60. The molecule has 3 rings (SSSR count). The molecule has 0 aliphatic carbocycles. The van der Waals surface area contributed by atoms with Crippen LogP contribution in [0.4, 0.5) is 0 Å². The van der Waals surface area contributed by atoms with Crippen molar-refractivity contribution in [2.24, 2.45) is 0 Å². The second-order valence-electron chi connectivity index (χ2n) is 7.21. The number of nitrogens with zero attached hydrogens (tertiary/aromatic N) is 2.